The van der Waals surface area contributed by atoms with E-state index in [9.17, 15) is 4.70 Å². The Morgan fingerprint density at radius 1 is 1.27 bits per heavy atom. The number of rotatable bonds is 8. The molecule has 0 aliphatic heterocycles. The van der Waals surface area contributed by atoms with Crippen molar-refractivity contribution in [1.82, 2.24) is 0 Å². The van der Waals surface area contributed by atoms with Crippen molar-refractivity contribution in [2.45, 2.75) is 19.1 Å². The Hall–Kier alpha value is -0.0852. The van der Waals surface area contributed by atoms with Crippen LogP contribution in [0.5, 0.6) is 0 Å². The van der Waals surface area contributed by atoms with Crippen LogP contribution in [0.2, 0.25) is 12.6 Å². The Bertz CT molecular complexity index is 91.0. The zero-order valence-electron chi connectivity index (χ0n) is 6.49. The molecule has 6 heteroatoms. The predicted molar refractivity (Wildman–Crippen MR) is 44.1 cm³/mol. The molecule has 11 heavy (non-hydrogen) atoms. The van der Waals surface area contributed by atoms with E-state index in [1.54, 1.807) is 7.48 Å². The van der Waals surface area contributed by atoms with E-state index in [0.29, 0.717) is 19.5 Å². The summed E-state index contributed by atoms with van der Waals surface area (Å²) in [5, 5.41) is 0. The van der Waals surface area contributed by atoms with Crippen molar-refractivity contribution >= 4 is 22.7 Å². The second-order valence-corrected chi connectivity index (χ2v) is 2.01. The molecule has 0 aromatic heterocycles. The molecule has 3 radical (unpaired) electrons. The second kappa shape index (κ2) is 9.91. The molecule has 0 atom stereocenters. The molecule has 0 bridgehead atoms. The molecular weight excluding hydrogens is 140 g/mol. The number of hydrogen-bond donors (Lipinski definition) is 0. The normalized spacial score (nSPS) is 9.09. The zero-order chi connectivity index (χ0) is 8.36. The SMILES string of the molecule is [B]OCCC[B]OCCB=O. The third-order valence-electron chi connectivity index (χ3n) is 1.06. The van der Waals surface area contributed by atoms with Crippen LogP contribution < -0.4 is 0 Å². The summed E-state index contributed by atoms with van der Waals surface area (Å²) in [6.07, 6.45) is 2.09. The quantitative estimate of drug-likeness (QED) is 0.361. The van der Waals surface area contributed by atoms with Gasteiger partial charge in [-0.2, -0.15) is 0 Å². The molecule has 0 spiro atoms. The maximum atomic E-state index is 9.81. The molecule has 0 aliphatic rings. The molecular formula is C5H10B3O3. The van der Waals surface area contributed by atoms with Crippen LogP contribution in [0.3, 0.4) is 0 Å². The summed E-state index contributed by atoms with van der Waals surface area (Å²) in [6, 6.07) is 0. The fourth-order valence-corrected chi connectivity index (χ4v) is 0.533. The molecule has 0 amide bonds. The molecule has 0 saturated carbocycles. The van der Waals surface area contributed by atoms with E-state index in [-0.39, 0.29) is 0 Å². The zero-order valence-corrected chi connectivity index (χ0v) is 6.49. The average Bonchev–Trinajstić information content (AvgIpc) is 2.03. The Balaban J connectivity index is 2.74. The van der Waals surface area contributed by atoms with Gasteiger partial charge in [-0.05, 0) is 0 Å². The summed E-state index contributed by atoms with van der Waals surface area (Å²) in [6.45, 7) is 1.00. The minimum atomic E-state index is 0.448. The Morgan fingerprint density at radius 2 is 2.09 bits per heavy atom. The fraction of sp³-hybridized carbons (Fsp3) is 1.00. The van der Waals surface area contributed by atoms with Gasteiger partial charge in [-0.15, -0.1) is 0 Å². The summed E-state index contributed by atoms with van der Waals surface area (Å²) in [4.78, 5) is 0. The monoisotopic (exact) mass is 151 g/mol. The summed E-state index contributed by atoms with van der Waals surface area (Å²) >= 11 is 0. The third kappa shape index (κ3) is 9.91. The Morgan fingerprint density at radius 3 is 2.73 bits per heavy atom. The topological polar surface area (TPSA) is 35.5 Å². The van der Waals surface area contributed by atoms with Gasteiger partial charge in [-0.3, -0.25) is 0 Å². The molecule has 0 aromatic rings. The van der Waals surface area contributed by atoms with Crippen LogP contribution in [-0.2, 0) is 14.0 Å². The maximum absolute atomic E-state index is 9.81. The molecule has 0 heterocycles. The Kier molecular flexibility index (Phi) is 9.84. The average molecular weight is 151 g/mol. The summed E-state index contributed by atoms with van der Waals surface area (Å²) in [7, 11) is 7.29. The van der Waals surface area contributed by atoms with E-state index in [1.807, 2.05) is 0 Å². The van der Waals surface area contributed by atoms with Gasteiger partial charge in [0.1, 0.15) is 0 Å². The Labute approximate surface area is 69.8 Å². The van der Waals surface area contributed by atoms with Gasteiger partial charge in [0, 0.05) is 0 Å². The van der Waals surface area contributed by atoms with Gasteiger partial charge >= 0.3 is 69.0 Å². The molecule has 0 unspecified atom stereocenters. The van der Waals surface area contributed by atoms with Crippen molar-refractivity contribution in [1.29, 1.82) is 0 Å². The van der Waals surface area contributed by atoms with Gasteiger partial charge in [0.25, 0.3) is 0 Å². The predicted octanol–water partition coefficient (Wildman–Crippen LogP) is -0.00130. The van der Waals surface area contributed by atoms with Crippen LogP contribution in [-0.4, -0.2) is 35.9 Å². The molecule has 0 saturated heterocycles. The van der Waals surface area contributed by atoms with E-state index < -0.39 is 0 Å². The molecule has 0 aromatic carbocycles. The van der Waals surface area contributed by atoms with Gasteiger partial charge < -0.3 is 0 Å². The van der Waals surface area contributed by atoms with Crippen molar-refractivity contribution in [3.05, 3.63) is 0 Å². The van der Waals surface area contributed by atoms with Gasteiger partial charge in [0.2, 0.25) is 0 Å². The van der Waals surface area contributed by atoms with Gasteiger partial charge in [-0.1, -0.05) is 0 Å². The van der Waals surface area contributed by atoms with Gasteiger partial charge in [0.15, 0.2) is 0 Å². The van der Waals surface area contributed by atoms with Crippen LogP contribution >= 0.6 is 0 Å². The van der Waals surface area contributed by atoms with Crippen molar-refractivity contribution in [2.24, 2.45) is 0 Å². The van der Waals surface area contributed by atoms with Gasteiger partial charge in [0.05, 0.1) is 0 Å². The van der Waals surface area contributed by atoms with Crippen molar-refractivity contribution in [3.8, 4) is 0 Å². The van der Waals surface area contributed by atoms with E-state index in [2.05, 4.69) is 4.65 Å². The first-order valence-corrected chi connectivity index (χ1v) is 3.60. The van der Waals surface area contributed by atoms with Crippen LogP contribution in [0.1, 0.15) is 6.42 Å². The molecule has 3 nitrogen and oxygen atoms in total. The summed E-state index contributed by atoms with van der Waals surface area (Å²) < 4.78 is 19.1. The van der Waals surface area contributed by atoms with E-state index in [1.165, 1.54) is 0 Å². The van der Waals surface area contributed by atoms with Crippen molar-refractivity contribution in [3.63, 3.8) is 0 Å². The van der Waals surface area contributed by atoms with E-state index in [4.69, 9.17) is 12.7 Å². The van der Waals surface area contributed by atoms with Crippen LogP contribution in [0.15, 0.2) is 0 Å². The van der Waals surface area contributed by atoms with Crippen molar-refractivity contribution < 1.29 is 14.0 Å². The minimum absolute atomic E-state index is 0.448. The molecule has 0 aliphatic carbocycles. The van der Waals surface area contributed by atoms with Crippen LogP contribution in [0.4, 0.5) is 0 Å². The van der Waals surface area contributed by atoms with Crippen molar-refractivity contribution in [2.75, 3.05) is 13.2 Å². The van der Waals surface area contributed by atoms with E-state index >= 15 is 0 Å². The fourth-order valence-electron chi connectivity index (χ4n) is 0.533. The molecule has 0 fully saturated rings. The number of hydrogen-bond acceptors (Lipinski definition) is 3. The summed E-state index contributed by atoms with van der Waals surface area (Å²) in [5.41, 5.74) is 0. The first kappa shape index (κ1) is 10.9. The molecule has 57 valence electrons. The second-order valence-electron chi connectivity index (χ2n) is 2.01. The molecule has 0 rings (SSSR count). The third-order valence-corrected chi connectivity index (χ3v) is 1.06. The van der Waals surface area contributed by atoms with E-state index in [0.717, 1.165) is 19.9 Å². The van der Waals surface area contributed by atoms with Crippen LogP contribution in [0.25, 0.3) is 0 Å². The first-order valence-electron chi connectivity index (χ1n) is 3.60. The van der Waals surface area contributed by atoms with Crippen LogP contribution in [0, 0.1) is 0 Å². The summed E-state index contributed by atoms with van der Waals surface area (Å²) in [5.74, 6) is 0. The molecule has 0 N–H and O–H groups in total. The first-order chi connectivity index (χ1) is 5.41. The van der Waals surface area contributed by atoms with Gasteiger partial charge in [-0.25, -0.2) is 0 Å². The standard InChI is InChI=1S/C5H10B3O3/c6-10-4-1-2-8-11-5-3-7-9/h1-5H2.